The molecule has 23 heavy (non-hydrogen) atoms. The Morgan fingerprint density at radius 2 is 2.13 bits per heavy atom. The van der Waals surface area contributed by atoms with Crippen LogP contribution in [-0.2, 0) is 23.3 Å². The van der Waals surface area contributed by atoms with Crippen molar-refractivity contribution in [3.05, 3.63) is 57.9 Å². The molecule has 0 bridgehead atoms. The third kappa shape index (κ3) is 2.69. The zero-order valence-electron chi connectivity index (χ0n) is 13.1. The van der Waals surface area contributed by atoms with E-state index in [-0.39, 0.29) is 18.1 Å². The molecule has 1 aromatic carbocycles. The van der Waals surface area contributed by atoms with E-state index in [1.165, 1.54) is 16.4 Å². The van der Waals surface area contributed by atoms with Gasteiger partial charge in [0.1, 0.15) is 18.9 Å². The Bertz CT molecular complexity index is 766. The highest BCUT2D eigenvalue weighted by molar-refractivity contribution is 5.77. The van der Waals surface area contributed by atoms with Crippen LogP contribution in [0.2, 0.25) is 0 Å². The topological polar surface area (TPSA) is 81.3 Å². The summed E-state index contributed by atoms with van der Waals surface area (Å²) in [4.78, 5) is 24.7. The zero-order valence-corrected chi connectivity index (χ0v) is 13.1. The lowest BCUT2D eigenvalue weighted by Crippen LogP contribution is -2.51. The molecule has 1 amide bonds. The molecule has 7 heteroatoms. The van der Waals surface area contributed by atoms with Crippen molar-refractivity contribution in [1.82, 2.24) is 14.7 Å². The van der Waals surface area contributed by atoms with Gasteiger partial charge in [0.05, 0.1) is 10.5 Å². The number of benzene rings is 1. The fourth-order valence-electron chi connectivity index (χ4n) is 3.19. The van der Waals surface area contributed by atoms with E-state index >= 15 is 0 Å². The van der Waals surface area contributed by atoms with E-state index in [9.17, 15) is 14.9 Å². The molecule has 0 aliphatic carbocycles. The summed E-state index contributed by atoms with van der Waals surface area (Å²) in [6, 6.07) is 8.13. The Kier molecular flexibility index (Phi) is 3.63. The molecule has 0 N–H and O–H groups in total. The van der Waals surface area contributed by atoms with Crippen LogP contribution in [0.4, 0.5) is 5.69 Å². The van der Waals surface area contributed by atoms with Crippen LogP contribution in [0.15, 0.2) is 36.7 Å². The van der Waals surface area contributed by atoms with Crippen LogP contribution in [0, 0.1) is 10.1 Å². The van der Waals surface area contributed by atoms with Crippen molar-refractivity contribution < 1.29 is 9.72 Å². The van der Waals surface area contributed by atoms with E-state index in [4.69, 9.17) is 0 Å². The number of nitrogens with zero attached hydrogens (tertiary/aromatic N) is 4. The van der Waals surface area contributed by atoms with Gasteiger partial charge in [0, 0.05) is 6.54 Å². The van der Waals surface area contributed by atoms with Crippen molar-refractivity contribution >= 4 is 11.6 Å². The quantitative estimate of drug-likeness (QED) is 0.642. The molecule has 120 valence electrons. The van der Waals surface area contributed by atoms with Crippen LogP contribution in [0.3, 0.4) is 0 Å². The molecule has 0 atom stereocenters. The molecule has 0 spiro atoms. The second-order valence-electron chi connectivity index (χ2n) is 6.16. The van der Waals surface area contributed by atoms with Gasteiger partial charge in [0.25, 0.3) is 0 Å². The first-order valence-corrected chi connectivity index (χ1v) is 7.45. The Labute approximate surface area is 133 Å². The first kappa shape index (κ1) is 15.2. The van der Waals surface area contributed by atoms with Gasteiger partial charge in [0.15, 0.2) is 0 Å². The lowest BCUT2D eigenvalue weighted by atomic mass is 9.83. The average Bonchev–Trinajstić information content (AvgIpc) is 2.96. The fraction of sp³-hybridized carbons (Fsp3) is 0.375. The second-order valence-corrected chi connectivity index (χ2v) is 6.16. The first-order chi connectivity index (χ1) is 10.9. The minimum absolute atomic E-state index is 0.000559. The van der Waals surface area contributed by atoms with Crippen LogP contribution in [0.1, 0.15) is 25.0 Å². The predicted octanol–water partition coefficient (Wildman–Crippen LogP) is 2.11. The summed E-state index contributed by atoms with van der Waals surface area (Å²) in [6.45, 7) is 4.68. The Balaban J connectivity index is 1.81. The molecule has 1 aliphatic heterocycles. The summed E-state index contributed by atoms with van der Waals surface area (Å²) in [5.74, 6) is -0.0949. The fourth-order valence-corrected chi connectivity index (χ4v) is 3.19. The van der Waals surface area contributed by atoms with E-state index in [1.54, 1.807) is 0 Å². The largest absolute Gasteiger partial charge is 0.332 e. The number of rotatable bonds is 3. The van der Waals surface area contributed by atoms with Gasteiger partial charge in [-0.15, -0.1) is 0 Å². The van der Waals surface area contributed by atoms with Gasteiger partial charge in [-0.1, -0.05) is 24.3 Å². The van der Waals surface area contributed by atoms with Gasteiger partial charge >= 0.3 is 5.69 Å². The molecule has 0 saturated carbocycles. The normalized spacial score (nSPS) is 16.0. The third-order valence-electron chi connectivity index (χ3n) is 4.38. The van der Waals surface area contributed by atoms with E-state index < -0.39 is 10.5 Å². The summed E-state index contributed by atoms with van der Waals surface area (Å²) in [5, 5.41) is 14.6. The zero-order chi connectivity index (χ0) is 16.6. The lowest BCUT2D eigenvalue weighted by molar-refractivity contribution is -0.385. The molecular formula is C16H18N4O3. The molecule has 1 aromatic heterocycles. The number of carbonyl (C=O) groups excluding carboxylic acids is 1. The smallest absolute Gasteiger partial charge is 0.307 e. The molecule has 2 aromatic rings. The highest BCUT2D eigenvalue weighted by Crippen LogP contribution is 2.35. The van der Waals surface area contributed by atoms with Gasteiger partial charge in [-0.2, -0.15) is 5.10 Å². The van der Waals surface area contributed by atoms with Gasteiger partial charge in [-0.25, -0.2) is 0 Å². The highest BCUT2D eigenvalue weighted by atomic mass is 16.6. The maximum absolute atomic E-state index is 12.7. The van der Waals surface area contributed by atoms with Crippen molar-refractivity contribution in [3.63, 3.8) is 0 Å². The summed E-state index contributed by atoms with van der Waals surface area (Å²) >= 11 is 0. The van der Waals surface area contributed by atoms with Crippen molar-refractivity contribution in [2.75, 3.05) is 6.54 Å². The number of nitro groups is 1. The summed E-state index contributed by atoms with van der Waals surface area (Å²) in [7, 11) is 0. The molecular weight excluding hydrogens is 296 g/mol. The summed E-state index contributed by atoms with van der Waals surface area (Å²) in [5.41, 5.74) is 1.88. The minimum Gasteiger partial charge on any atom is -0.332 e. The van der Waals surface area contributed by atoms with Crippen molar-refractivity contribution in [3.8, 4) is 0 Å². The molecule has 0 saturated heterocycles. The highest BCUT2D eigenvalue weighted by Gasteiger charge is 2.37. The van der Waals surface area contributed by atoms with Gasteiger partial charge in [-0.3, -0.25) is 19.6 Å². The van der Waals surface area contributed by atoms with Crippen molar-refractivity contribution in [1.29, 1.82) is 0 Å². The molecule has 0 radical (unpaired) electrons. The van der Waals surface area contributed by atoms with Gasteiger partial charge in [-0.05, 0) is 31.4 Å². The van der Waals surface area contributed by atoms with Crippen LogP contribution < -0.4 is 0 Å². The maximum atomic E-state index is 12.7. The van der Waals surface area contributed by atoms with E-state index in [0.29, 0.717) is 6.54 Å². The van der Waals surface area contributed by atoms with Crippen molar-refractivity contribution in [2.45, 2.75) is 32.4 Å². The molecule has 2 heterocycles. The van der Waals surface area contributed by atoms with Gasteiger partial charge in [0.2, 0.25) is 5.91 Å². The maximum Gasteiger partial charge on any atom is 0.307 e. The van der Waals surface area contributed by atoms with Crippen LogP contribution >= 0.6 is 0 Å². The molecule has 0 fully saturated rings. The monoisotopic (exact) mass is 314 g/mol. The van der Waals surface area contributed by atoms with E-state index in [1.807, 2.05) is 36.9 Å². The lowest BCUT2D eigenvalue weighted by Gasteiger charge is -2.44. The predicted molar refractivity (Wildman–Crippen MR) is 83.8 cm³/mol. The number of fused-ring (bicyclic) bond motifs is 1. The number of hydrogen-bond donors (Lipinski definition) is 0. The average molecular weight is 314 g/mol. The summed E-state index contributed by atoms with van der Waals surface area (Å²) in [6.07, 6.45) is 3.25. The number of hydrogen-bond acceptors (Lipinski definition) is 4. The van der Waals surface area contributed by atoms with Gasteiger partial charge < -0.3 is 4.90 Å². The van der Waals surface area contributed by atoms with E-state index in [0.717, 1.165) is 18.2 Å². The second kappa shape index (κ2) is 5.49. The van der Waals surface area contributed by atoms with E-state index in [2.05, 4.69) is 11.2 Å². The number of aromatic nitrogens is 2. The van der Waals surface area contributed by atoms with Crippen LogP contribution in [0.25, 0.3) is 0 Å². The third-order valence-corrected chi connectivity index (χ3v) is 4.38. The van der Waals surface area contributed by atoms with Crippen molar-refractivity contribution in [2.24, 2.45) is 0 Å². The SMILES string of the molecule is CC1(C)c2ccccc2CCN1C(=O)Cn1cc([N+](=O)[O-])cn1. The Hall–Kier alpha value is -2.70. The van der Waals surface area contributed by atoms with Crippen LogP contribution in [-0.4, -0.2) is 32.1 Å². The number of amides is 1. The molecule has 0 unspecified atom stereocenters. The Morgan fingerprint density at radius 1 is 1.39 bits per heavy atom. The molecule has 3 rings (SSSR count). The summed E-state index contributed by atoms with van der Waals surface area (Å²) < 4.78 is 1.32. The Morgan fingerprint density at radius 3 is 2.83 bits per heavy atom. The minimum atomic E-state index is -0.519. The van der Waals surface area contributed by atoms with Crippen LogP contribution in [0.5, 0.6) is 0 Å². The molecule has 7 nitrogen and oxygen atoms in total. The number of carbonyl (C=O) groups is 1. The molecule has 1 aliphatic rings. The first-order valence-electron chi connectivity index (χ1n) is 7.45. The standard InChI is InChI=1S/C16H18N4O3/c1-16(2)14-6-4-3-5-12(14)7-8-19(16)15(21)11-18-10-13(9-17-18)20(22)23/h3-6,9-10H,7-8,11H2,1-2H3.